The van der Waals surface area contributed by atoms with Crippen molar-refractivity contribution in [3.63, 3.8) is 0 Å². The van der Waals surface area contributed by atoms with Crippen molar-refractivity contribution in [2.45, 2.75) is 18.9 Å². The predicted molar refractivity (Wildman–Crippen MR) is 116 cm³/mol. The van der Waals surface area contributed by atoms with E-state index in [1.54, 1.807) is 21.5 Å². The Bertz CT molecular complexity index is 1310. The first kappa shape index (κ1) is 19.4. The molecule has 1 aliphatic rings. The number of nitrogens with zero attached hydrogens (tertiary/aromatic N) is 7. The van der Waals surface area contributed by atoms with Gasteiger partial charge in [-0.25, -0.2) is 19.3 Å². The summed E-state index contributed by atoms with van der Waals surface area (Å²) in [5.74, 6) is 0.646. The van der Waals surface area contributed by atoms with Gasteiger partial charge in [0.05, 0.1) is 30.0 Å². The minimum atomic E-state index is -0.195. The molecule has 0 unspecified atom stereocenters. The lowest BCUT2D eigenvalue weighted by atomic mass is 10.0. The van der Waals surface area contributed by atoms with Crippen molar-refractivity contribution in [2.24, 2.45) is 0 Å². The Balaban J connectivity index is 1.46. The molecule has 4 aromatic rings. The minimum absolute atomic E-state index is 0.0173. The molecule has 5 rings (SSSR count). The van der Waals surface area contributed by atoms with Crippen LogP contribution in [0.25, 0.3) is 28.1 Å². The van der Waals surface area contributed by atoms with Crippen LogP contribution < -0.4 is 5.69 Å². The van der Waals surface area contributed by atoms with Crippen LogP contribution in [-0.2, 0) is 4.79 Å². The zero-order chi connectivity index (χ0) is 21.5. The first-order chi connectivity index (χ1) is 15.0. The molecule has 10 nitrogen and oxygen atoms in total. The zero-order valence-corrected chi connectivity index (χ0v) is 17.5. The summed E-state index contributed by atoms with van der Waals surface area (Å²) >= 11 is 0. The van der Waals surface area contributed by atoms with Gasteiger partial charge < -0.3 is 14.8 Å². The minimum Gasteiger partial charge on any atom is -0.341 e. The Morgan fingerprint density at radius 3 is 2.81 bits per heavy atom. The highest BCUT2D eigenvalue weighted by Crippen LogP contribution is 2.26. The quantitative estimate of drug-likeness (QED) is 0.531. The number of rotatable bonds is 4. The SMILES string of the molecule is CN(C)CC(=O)N1CCC(n2c(=O)[nH]c3cnc(-c4cnn5ccccc45)nc32)CC1. The van der Waals surface area contributed by atoms with Crippen molar-refractivity contribution in [2.75, 3.05) is 33.7 Å². The smallest absolute Gasteiger partial charge is 0.327 e. The number of hydrogen-bond donors (Lipinski definition) is 1. The molecule has 5 heterocycles. The third kappa shape index (κ3) is 3.48. The summed E-state index contributed by atoms with van der Waals surface area (Å²) in [6.07, 6.45) is 6.68. The molecule has 0 atom stereocenters. The van der Waals surface area contributed by atoms with Gasteiger partial charge in [-0.1, -0.05) is 6.07 Å². The molecule has 0 saturated carbocycles. The van der Waals surface area contributed by atoms with Crippen LogP contribution in [-0.4, -0.2) is 78.6 Å². The van der Waals surface area contributed by atoms with Gasteiger partial charge in [-0.3, -0.25) is 9.36 Å². The van der Waals surface area contributed by atoms with E-state index < -0.39 is 0 Å². The van der Waals surface area contributed by atoms with Gasteiger partial charge >= 0.3 is 5.69 Å². The van der Waals surface area contributed by atoms with Gasteiger partial charge in [0, 0.05) is 25.3 Å². The number of likely N-dealkylation sites (N-methyl/N-ethyl adjacent to an activating group) is 1. The molecule has 31 heavy (non-hydrogen) atoms. The Labute approximate surface area is 178 Å². The van der Waals surface area contributed by atoms with E-state index in [0.29, 0.717) is 49.5 Å². The number of carbonyl (C=O) groups excluding carboxylic acids is 1. The van der Waals surface area contributed by atoms with Crippen LogP contribution in [0, 0.1) is 0 Å². The number of likely N-dealkylation sites (tertiary alicyclic amines) is 1. The molecule has 1 aliphatic heterocycles. The molecule has 0 aliphatic carbocycles. The second-order valence-corrected chi connectivity index (χ2v) is 8.17. The standard InChI is InChI=1S/C21H24N8O2/c1-26(2)13-18(30)27-9-6-14(7-10-27)29-20-16(24-21(29)31)12-22-19(25-20)15-11-23-28-8-4-3-5-17(15)28/h3-5,8,11-12,14H,6-7,9-10,13H2,1-2H3,(H,24,31). The molecule has 0 aromatic carbocycles. The molecule has 0 bridgehead atoms. The highest BCUT2D eigenvalue weighted by molar-refractivity contribution is 5.80. The van der Waals surface area contributed by atoms with Gasteiger partial charge in [-0.2, -0.15) is 5.10 Å². The molecule has 1 amide bonds. The normalized spacial score (nSPS) is 15.4. The second kappa shape index (κ2) is 7.62. The fraction of sp³-hybridized carbons (Fsp3) is 0.381. The largest absolute Gasteiger partial charge is 0.341 e. The molecule has 1 fully saturated rings. The maximum atomic E-state index is 12.7. The van der Waals surface area contributed by atoms with Gasteiger partial charge in [-0.15, -0.1) is 0 Å². The number of aromatic nitrogens is 6. The van der Waals surface area contributed by atoms with Crippen LogP contribution in [0.15, 0.2) is 41.6 Å². The van der Waals surface area contributed by atoms with Crippen LogP contribution in [0.1, 0.15) is 18.9 Å². The lowest BCUT2D eigenvalue weighted by molar-refractivity contribution is -0.133. The van der Waals surface area contributed by atoms with Crippen LogP contribution in [0.4, 0.5) is 0 Å². The number of amides is 1. The average molecular weight is 420 g/mol. The summed E-state index contributed by atoms with van der Waals surface area (Å²) in [6.45, 7) is 1.65. The van der Waals surface area contributed by atoms with E-state index in [0.717, 1.165) is 11.1 Å². The fourth-order valence-corrected chi connectivity index (χ4v) is 4.24. The number of H-pyrrole nitrogens is 1. The van der Waals surface area contributed by atoms with Gasteiger partial charge in [0.2, 0.25) is 5.91 Å². The van der Waals surface area contributed by atoms with Gasteiger partial charge in [0.15, 0.2) is 11.5 Å². The van der Waals surface area contributed by atoms with Crippen molar-refractivity contribution in [1.82, 2.24) is 38.9 Å². The number of imidazole rings is 1. The van der Waals surface area contributed by atoms with E-state index in [2.05, 4.69) is 15.1 Å². The number of pyridine rings is 1. The van der Waals surface area contributed by atoms with E-state index in [1.807, 2.05) is 48.3 Å². The number of aromatic amines is 1. The van der Waals surface area contributed by atoms with E-state index in [4.69, 9.17) is 4.98 Å². The van der Waals surface area contributed by atoms with E-state index in [-0.39, 0.29) is 17.6 Å². The van der Waals surface area contributed by atoms with Crippen LogP contribution in [0.5, 0.6) is 0 Å². The maximum Gasteiger partial charge on any atom is 0.327 e. The first-order valence-electron chi connectivity index (χ1n) is 10.3. The van der Waals surface area contributed by atoms with Crippen LogP contribution >= 0.6 is 0 Å². The van der Waals surface area contributed by atoms with Gasteiger partial charge in [-0.05, 0) is 39.1 Å². The molecule has 1 saturated heterocycles. The van der Waals surface area contributed by atoms with Crippen LogP contribution in [0.2, 0.25) is 0 Å². The van der Waals surface area contributed by atoms with Crippen molar-refractivity contribution < 1.29 is 4.79 Å². The van der Waals surface area contributed by atoms with Crippen molar-refractivity contribution in [3.8, 4) is 11.4 Å². The zero-order valence-electron chi connectivity index (χ0n) is 17.5. The summed E-state index contributed by atoms with van der Waals surface area (Å²) in [5.41, 5.74) is 2.71. The number of hydrogen-bond acceptors (Lipinski definition) is 6. The lowest BCUT2D eigenvalue weighted by Crippen LogP contribution is -2.43. The number of nitrogens with one attached hydrogen (secondary N) is 1. The third-order valence-corrected chi connectivity index (χ3v) is 5.76. The van der Waals surface area contributed by atoms with Crippen LogP contribution in [0.3, 0.4) is 0 Å². The highest BCUT2D eigenvalue weighted by atomic mass is 16.2. The summed E-state index contributed by atoms with van der Waals surface area (Å²) < 4.78 is 3.49. The number of fused-ring (bicyclic) bond motifs is 2. The van der Waals surface area contributed by atoms with Crippen molar-refractivity contribution in [1.29, 1.82) is 0 Å². The fourth-order valence-electron chi connectivity index (χ4n) is 4.24. The lowest BCUT2D eigenvalue weighted by Gasteiger charge is -2.33. The Morgan fingerprint density at radius 2 is 2.03 bits per heavy atom. The Morgan fingerprint density at radius 1 is 1.23 bits per heavy atom. The van der Waals surface area contributed by atoms with Gasteiger partial charge in [0.25, 0.3) is 0 Å². The molecule has 10 heteroatoms. The third-order valence-electron chi connectivity index (χ3n) is 5.76. The molecular formula is C21H24N8O2. The monoisotopic (exact) mass is 420 g/mol. The molecule has 160 valence electrons. The van der Waals surface area contributed by atoms with Gasteiger partial charge in [0.1, 0.15) is 5.52 Å². The topological polar surface area (TPSA) is 104 Å². The molecule has 4 aromatic heterocycles. The molecule has 0 spiro atoms. The molecule has 0 radical (unpaired) electrons. The Kier molecular flexibility index (Phi) is 4.78. The van der Waals surface area contributed by atoms with E-state index in [1.165, 1.54) is 0 Å². The summed E-state index contributed by atoms with van der Waals surface area (Å²) in [7, 11) is 3.77. The van der Waals surface area contributed by atoms with Crippen molar-refractivity contribution >= 4 is 22.6 Å². The predicted octanol–water partition coefficient (Wildman–Crippen LogP) is 1.16. The molecule has 1 N–H and O–H groups in total. The van der Waals surface area contributed by atoms with E-state index >= 15 is 0 Å². The molecular weight excluding hydrogens is 396 g/mol. The summed E-state index contributed by atoms with van der Waals surface area (Å²) in [6, 6.07) is 5.79. The average Bonchev–Trinajstić information content (AvgIpc) is 3.33. The Hall–Kier alpha value is -3.53. The summed E-state index contributed by atoms with van der Waals surface area (Å²) in [4.78, 5) is 40.9. The number of piperidine rings is 1. The maximum absolute atomic E-state index is 12.7. The second-order valence-electron chi connectivity index (χ2n) is 8.17. The highest BCUT2D eigenvalue weighted by Gasteiger charge is 2.27. The van der Waals surface area contributed by atoms with E-state index in [9.17, 15) is 9.59 Å². The van der Waals surface area contributed by atoms with Crippen molar-refractivity contribution in [3.05, 3.63) is 47.3 Å². The number of carbonyl (C=O) groups is 1. The summed E-state index contributed by atoms with van der Waals surface area (Å²) in [5, 5.41) is 4.36. The first-order valence-corrected chi connectivity index (χ1v) is 10.3.